The zero-order valence-electron chi connectivity index (χ0n) is 9.49. The van der Waals surface area contributed by atoms with Crippen LogP contribution in [-0.2, 0) is 6.42 Å². The van der Waals surface area contributed by atoms with Gasteiger partial charge in [-0.25, -0.2) is 4.79 Å². The molecule has 0 amide bonds. The molecule has 0 saturated heterocycles. The van der Waals surface area contributed by atoms with Crippen molar-refractivity contribution in [3.8, 4) is 0 Å². The van der Waals surface area contributed by atoms with Gasteiger partial charge < -0.3 is 9.97 Å². The third-order valence-electron chi connectivity index (χ3n) is 2.47. The molecule has 2 heterocycles. The molecule has 88 valence electrons. The molecule has 2 N–H and O–H groups in total. The normalized spacial score (nSPS) is 10.4. The molecule has 17 heavy (non-hydrogen) atoms. The zero-order chi connectivity index (χ0) is 12.3. The van der Waals surface area contributed by atoms with Crippen LogP contribution in [0.15, 0.2) is 29.3 Å². The van der Waals surface area contributed by atoms with E-state index in [-0.39, 0.29) is 11.5 Å². The number of aromatic amines is 2. The van der Waals surface area contributed by atoms with Crippen molar-refractivity contribution < 1.29 is 4.79 Å². The topological polar surface area (TPSA) is 78.6 Å². The first-order valence-corrected chi connectivity index (χ1v) is 5.48. The number of aryl methyl sites for hydroxylation is 1. The highest BCUT2D eigenvalue weighted by molar-refractivity contribution is 6.08. The maximum atomic E-state index is 12.1. The van der Waals surface area contributed by atoms with E-state index in [9.17, 15) is 9.59 Å². The first kappa shape index (κ1) is 11.3. The second kappa shape index (κ2) is 4.78. The summed E-state index contributed by atoms with van der Waals surface area (Å²) in [5, 5.41) is 0. The second-order valence-electron chi connectivity index (χ2n) is 3.75. The van der Waals surface area contributed by atoms with E-state index in [2.05, 4.69) is 15.0 Å². The van der Waals surface area contributed by atoms with Crippen LogP contribution < -0.4 is 5.69 Å². The summed E-state index contributed by atoms with van der Waals surface area (Å²) in [5.41, 5.74) is 1.20. The molecule has 0 aliphatic rings. The van der Waals surface area contributed by atoms with E-state index in [1.165, 1.54) is 0 Å². The molecule has 0 saturated carbocycles. The Bertz CT molecular complexity index is 569. The maximum Gasteiger partial charge on any atom is 0.323 e. The molecular weight excluding hydrogens is 218 g/mol. The Kier molecular flexibility index (Phi) is 3.18. The molecule has 5 nitrogen and oxygen atoms in total. The minimum Gasteiger partial charge on any atom is -0.309 e. The molecule has 2 aromatic rings. The SMILES string of the molecule is CCCc1[nH]c(=O)[nH]c1C(=O)c1ccncc1. The van der Waals surface area contributed by atoms with Crippen LogP contribution in [0.1, 0.15) is 35.1 Å². The van der Waals surface area contributed by atoms with E-state index < -0.39 is 0 Å². The number of aromatic nitrogens is 3. The van der Waals surface area contributed by atoms with Gasteiger partial charge in [0.2, 0.25) is 5.78 Å². The van der Waals surface area contributed by atoms with Crippen LogP contribution in [0.4, 0.5) is 0 Å². The summed E-state index contributed by atoms with van der Waals surface area (Å²) in [5.74, 6) is -0.186. The van der Waals surface area contributed by atoms with Crippen LogP contribution in [0, 0.1) is 0 Å². The van der Waals surface area contributed by atoms with Crippen LogP contribution in [0.3, 0.4) is 0 Å². The molecular formula is C12H13N3O2. The van der Waals surface area contributed by atoms with Crippen molar-refractivity contribution in [2.45, 2.75) is 19.8 Å². The quantitative estimate of drug-likeness (QED) is 0.778. The minimum atomic E-state index is -0.342. The second-order valence-corrected chi connectivity index (χ2v) is 3.75. The van der Waals surface area contributed by atoms with E-state index >= 15 is 0 Å². The zero-order valence-corrected chi connectivity index (χ0v) is 9.49. The average molecular weight is 231 g/mol. The van der Waals surface area contributed by atoms with Crippen LogP contribution in [0.25, 0.3) is 0 Å². The molecule has 0 bridgehead atoms. The summed E-state index contributed by atoms with van der Waals surface area (Å²) in [6.45, 7) is 1.99. The van der Waals surface area contributed by atoms with Gasteiger partial charge in [0, 0.05) is 23.7 Å². The van der Waals surface area contributed by atoms with Crippen LogP contribution in [0.2, 0.25) is 0 Å². The lowest BCUT2D eigenvalue weighted by atomic mass is 10.1. The van der Waals surface area contributed by atoms with E-state index in [0.717, 1.165) is 6.42 Å². The lowest BCUT2D eigenvalue weighted by Gasteiger charge is -2.00. The van der Waals surface area contributed by atoms with Gasteiger partial charge in [0.1, 0.15) is 5.69 Å². The number of nitrogens with zero attached hydrogens (tertiary/aromatic N) is 1. The maximum absolute atomic E-state index is 12.1. The van der Waals surface area contributed by atoms with Gasteiger partial charge in [-0.15, -0.1) is 0 Å². The predicted molar refractivity (Wildman–Crippen MR) is 63.1 cm³/mol. The number of carbonyl (C=O) groups is 1. The highest BCUT2D eigenvalue weighted by Crippen LogP contribution is 2.10. The smallest absolute Gasteiger partial charge is 0.309 e. The fourth-order valence-electron chi connectivity index (χ4n) is 1.70. The van der Waals surface area contributed by atoms with Crippen molar-refractivity contribution >= 4 is 5.78 Å². The lowest BCUT2D eigenvalue weighted by Crippen LogP contribution is -2.07. The Balaban J connectivity index is 2.40. The highest BCUT2D eigenvalue weighted by Gasteiger charge is 2.16. The van der Waals surface area contributed by atoms with Crippen molar-refractivity contribution in [2.75, 3.05) is 0 Å². The molecule has 0 unspecified atom stereocenters. The van der Waals surface area contributed by atoms with Gasteiger partial charge in [0.05, 0.1) is 0 Å². The number of hydrogen-bond donors (Lipinski definition) is 2. The Morgan fingerprint density at radius 1 is 1.29 bits per heavy atom. The largest absolute Gasteiger partial charge is 0.323 e. The Morgan fingerprint density at radius 3 is 2.65 bits per heavy atom. The third kappa shape index (κ3) is 2.33. The number of carbonyl (C=O) groups excluding carboxylic acids is 1. The minimum absolute atomic E-state index is 0.186. The van der Waals surface area contributed by atoms with Gasteiger partial charge in [-0.3, -0.25) is 9.78 Å². The number of imidazole rings is 1. The number of H-pyrrole nitrogens is 2. The Hall–Kier alpha value is -2.17. The molecule has 0 aromatic carbocycles. The van der Waals surface area contributed by atoms with E-state index in [4.69, 9.17) is 0 Å². The molecule has 0 aliphatic heterocycles. The fraction of sp³-hybridized carbons (Fsp3) is 0.250. The Labute approximate surface area is 97.9 Å². The summed E-state index contributed by atoms with van der Waals surface area (Å²) in [6, 6.07) is 3.26. The lowest BCUT2D eigenvalue weighted by molar-refractivity contribution is 0.103. The van der Waals surface area contributed by atoms with Crippen LogP contribution in [0.5, 0.6) is 0 Å². The fourth-order valence-corrected chi connectivity index (χ4v) is 1.70. The molecule has 0 aliphatic carbocycles. The molecule has 0 radical (unpaired) electrons. The van der Waals surface area contributed by atoms with E-state index in [1.807, 2.05) is 6.92 Å². The number of pyridine rings is 1. The van der Waals surface area contributed by atoms with Gasteiger partial charge in [-0.05, 0) is 18.6 Å². The number of ketones is 1. The van der Waals surface area contributed by atoms with Crippen molar-refractivity contribution in [1.29, 1.82) is 0 Å². The number of hydrogen-bond acceptors (Lipinski definition) is 3. The number of rotatable bonds is 4. The first-order valence-electron chi connectivity index (χ1n) is 5.48. The molecule has 5 heteroatoms. The van der Waals surface area contributed by atoms with Crippen molar-refractivity contribution in [2.24, 2.45) is 0 Å². The van der Waals surface area contributed by atoms with Crippen molar-refractivity contribution in [3.05, 3.63) is 52.0 Å². The summed E-state index contributed by atoms with van der Waals surface area (Å²) in [6.07, 6.45) is 4.64. The third-order valence-corrected chi connectivity index (χ3v) is 2.47. The van der Waals surface area contributed by atoms with Gasteiger partial charge in [-0.1, -0.05) is 13.3 Å². The average Bonchev–Trinajstić information content (AvgIpc) is 2.71. The van der Waals surface area contributed by atoms with Gasteiger partial charge in [-0.2, -0.15) is 0 Å². The monoisotopic (exact) mass is 231 g/mol. The molecule has 2 rings (SSSR count). The van der Waals surface area contributed by atoms with Gasteiger partial charge in [0.25, 0.3) is 0 Å². The van der Waals surface area contributed by atoms with Crippen LogP contribution >= 0.6 is 0 Å². The van der Waals surface area contributed by atoms with Crippen molar-refractivity contribution in [3.63, 3.8) is 0 Å². The van der Waals surface area contributed by atoms with Crippen molar-refractivity contribution in [1.82, 2.24) is 15.0 Å². The van der Waals surface area contributed by atoms with Gasteiger partial charge in [0.15, 0.2) is 0 Å². The van der Waals surface area contributed by atoms with Gasteiger partial charge >= 0.3 is 5.69 Å². The molecule has 0 fully saturated rings. The summed E-state index contributed by atoms with van der Waals surface area (Å²) >= 11 is 0. The summed E-state index contributed by atoms with van der Waals surface area (Å²) in [7, 11) is 0. The predicted octanol–water partition coefficient (Wildman–Crippen LogP) is 1.28. The summed E-state index contributed by atoms with van der Waals surface area (Å²) < 4.78 is 0. The van der Waals surface area contributed by atoms with Crippen LogP contribution in [-0.4, -0.2) is 20.7 Å². The Morgan fingerprint density at radius 2 is 2.00 bits per heavy atom. The summed E-state index contributed by atoms with van der Waals surface area (Å²) in [4.78, 5) is 32.4. The number of nitrogens with one attached hydrogen (secondary N) is 2. The first-order chi connectivity index (χ1) is 8.22. The van der Waals surface area contributed by atoms with E-state index in [1.54, 1.807) is 24.5 Å². The standard InChI is InChI=1S/C12H13N3O2/c1-2-3-9-10(15-12(17)14-9)11(16)8-4-6-13-7-5-8/h4-7H,2-3H2,1H3,(H2,14,15,17). The molecule has 2 aromatic heterocycles. The molecule has 0 atom stereocenters. The highest BCUT2D eigenvalue weighted by atomic mass is 16.1. The molecule has 0 spiro atoms. The van der Waals surface area contributed by atoms with E-state index in [0.29, 0.717) is 23.4 Å².